The maximum Gasteiger partial charge on any atom is 0.128 e. The molecule has 0 aliphatic heterocycles. The standard InChI is InChI=1S/C16H22ClFN2/c1-5-16(3,4)10-20-14-8-11(2)12(18)9-13(14)19-15(20)6-7-17/h8-9H,5-7,10H2,1-4H3. The summed E-state index contributed by atoms with van der Waals surface area (Å²) in [7, 11) is 0. The Hall–Kier alpha value is -1.09. The van der Waals surface area contributed by atoms with Gasteiger partial charge in [0, 0.05) is 24.9 Å². The molecule has 0 radical (unpaired) electrons. The van der Waals surface area contributed by atoms with E-state index in [0.29, 0.717) is 17.9 Å². The Bertz CT molecular complexity index is 616. The highest BCUT2D eigenvalue weighted by molar-refractivity contribution is 6.17. The summed E-state index contributed by atoms with van der Waals surface area (Å²) < 4.78 is 15.9. The van der Waals surface area contributed by atoms with Crippen LogP contribution in [0.15, 0.2) is 12.1 Å². The highest BCUT2D eigenvalue weighted by Gasteiger charge is 2.20. The molecule has 0 N–H and O–H groups in total. The lowest BCUT2D eigenvalue weighted by molar-refractivity contribution is 0.294. The third kappa shape index (κ3) is 2.98. The maximum absolute atomic E-state index is 13.7. The van der Waals surface area contributed by atoms with E-state index in [-0.39, 0.29) is 11.2 Å². The lowest BCUT2D eigenvalue weighted by atomic mass is 9.90. The monoisotopic (exact) mass is 296 g/mol. The lowest BCUT2D eigenvalue weighted by Gasteiger charge is -2.24. The van der Waals surface area contributed by atoms with Crippen molar-refractivity contribution in [3.8, 4) is 0 Å². The molecule has 0 spiro atoms. The smallest absolute Gasteiger partial charge is 0.128 e. The maximum atomic E-state index is 13.7. The Balaban J connectivity index is 2.58. The molecular weight excluding hydrogens is 275 g/mol. The second-order valence-electron chi connectivity index (χ2n) is 6.16. The number of benzene rings is 1. The molecule has 110 valence electrons. The zero-order valence-corrected chi connectivity index (χ0v) is 13.4. The first-order chi connectivity index (χ1) is 9.38. The molecular formula is C16H22ClFN2. The summed E-state index contributed by atoms with van der Waals surface area (Å²) in [5, 5.41) is 0. The minimum atomic E-state index is -0.200. The Morgan fingerprint density at radius 2 is 2.05 bits per heavy atom. The predicted molar refractivity (Wildman–Crippen MR) is 82.9 cm³/mol. The van der Waals surface area contributed by atoms with Crippen LogP contribution < -0.4 is 0 Å². The summed E-state index contributed by atoms with van der Waals surface area (Å²) in [6.45, 7) is 9.32. The molecule has 1 aromatic carbocycles. The molecule has 2 aromatic rings. The quantitative estimate of drug-likeness (QED) is 0.731. The minimum Gasteiger partial charge on any atom is -0.327 e. The van der Waals surface area contributed by atoms with Gasteiger partial charge in [0.1, 0.15) is 11.6 Å². The van der Waals surface area contributed by atoms with Crippen LogP contribution in [0.2, 0.25) is 0 Å². The highest BCUT2D eigenvalue weighted by Crippen LogP contribution is 2.28. The van der Waals surface area contributed by atoms with Crippen molar-refractivity contribution in [2.45, 2.75) is 47.1 Å². The van der Waals surface area contributed by atoms with E-state index in [9.17, 15) is 4.39 Å². The van der Waals surface area contributed by atoms with E-state index in [1.54, 1.807) is 6.92 Å². The van der Waals surface area contributed by atoms with Crippen LogP contribution in [-0.2, 0) is 13.0 Å². The van der Waals surface area contributed by atoms with Crippen molar-refractivity contribution in [2.75, 3.05) is 5.88 Å². The Morgan fingerprint density at radius 3 is 2.65 bits per heavy atom. The fourth-order valence-corrected chi connectivity index (χ4v) is 2.46. The second kappa shape index (κ2) is 5.72. The van der Waals surface area contributed by atoms with Gasteiger partial charge < -0.3 is 4.57 Å². The third-order valence-corrected chi connectivity index (χ3v) is 4.16. The number of fused-ring (bicyclic) bond motifs is 1. The fourth-order valence-electron chi connectivity index (χ4n) is 2.29. The van der Waals surface area contributed by atoms with Gasteiger partial charge in [-0.15, -0.1) is 11.6 Å². The van der Waals surface area contributed by atoms with Crippen molar-refractivity contribution in [2.24, 2.45) is 5.41 Å². The molecule has 1 heterocycles. The molecule has 0 aliphatic rings. The van der Waals surface area contributed by atoms with E-state index in [2.05, 4.69) is 30.3 Å². The number of nitrogens with zero attached hydrogens (tertiary/aromatic N) is 2. The summed E-state index contributed by atoms with van der Waals surface area (Å²) >= 11 is 5.88. The molecule has 4 heteroatoms. The number of aryl methyl sites for hydroxylation is 2. The molecule has 0 unspecified atom stereocenters. The second-order valence-corrected chi connectivity index (χ2v) is 6.54. The highest BCUT2D eigenvalue weighted by atomic mass is 35.5. The topological polar surface area (TPSA) is 17.8 Å². The molecule has 0 bridgehead atoms. The van der Waals surface area contributed by atoms with Gasteiger partial charge in [-0.25, -0.2) is 9.37 Å². The summed E-state index contributed by atoms with van der Waals surface area (Å²) in [4.78, 5) is 4.56. The average Bonchev–Trinajstić information content (AvgIpc) is 2.68. The van der Waals surface area contributed by atoms with Gasteiger partial charge in [-0.3, -0.25) is 0 Å². The Labute approximate surface area is 125 Å². The van der Waals surface area contributed by atoms with E-state index in [1.807, 2.05) is 6.07 Å². The van der Waals surface area contributed by atoms with Crippen molar-refractivity contribution >= 4 is 22.6 Å². The van der Waals surface area contributed by atoms with Crippen LogP contribution in [0.1, 0.15) is 38.6 Å². The van der Waals surface area contributed by atoms with E-state index in [0.717, 1.165) is 29.8 Å². The van der Waals surface area contributed by atoms with Gasteiger partial charge in [0.05, 0.1) is 11.0 Å². The number of imidazole rings is 1. The minimum absolute atomic E-state index is 0.178. The van der Waals surface area contributed by atoms with Gasteiger partial charge in [-0.2, -0.15) is 0 Å². The molecule has 2 rings (SSSR count). The number of hydrogen-bond donors (Lipinski definition) is 0. The predicted octanol–water partition coefficient (Wildman–Crippen LogP) is 4.70. The number of halogens is 2. The third-order valence-electron chi connectivity index (χ3n) is 3.97. The van der Waals surface area contributed by atoms with Gasteiger partial charge in [0.2, 0.25) is 0 Å². The Morgan fingerprint density at radius 1 is 1.35 bits per heavy atom. The van der Waals surface area contributed by atoms with Crippen molar-refractivity contribution in [1.29, 1.82) is 0 Å². The van der Waals surface area contributed by atoms with E-state index < -0.39 is 0 Å². The summed E-state index contributed by atoms with van der Waals surface area (Å²) in [6, 6.07) is 3.42. The van der Waals surface area contributed by atoms with Crippen LogP contribution in [0.5, 0.6) is 0 Å². The van der Waals surface area contributed by atoms with Crippen molar-refractivity contribution in [1.82, 2.24) is 9.55 Å². The normalized spacial score (nSPS) is 12.3. The van der Waals surface area contributed by atoms with E-state index in [4.69, 9.17) is 11.6 Å². The molecule has 0 atom stereocenters. The molecule has 0 fully saturated rings. The van der Waals surface area contributed by atoms with Gasteiger partial charge in [0.15, 0.2) is 0 Å². The van der Waals surface area contributed by atoms with Crippen molar-refractivity contribution in [3.05, 3.63) is 29.3 Å². The summed E-state index contributed by atoms with van der Waals surface area (Å²) in [5.74, 6) is 1.27. The molecule has 20 heavy (non-hydrogen) atoms. The van der Waals surface area contributed by atoms with Crippen molar-refractivity contribution < 1.29 is 4.39 Å². The number of alkyl halides is 1. The molecule has 0 amide bonds. The average molecular weight is 297 g/mol. The van der Waals surface area contributed by atoms with Crippen LogP contribution in [0, 0.1) is 18.2 Å². The SMILES string of the molecule is CCC(C)(C)Cn1c(CCCl)nc2cc(F)c(C)cc21. The summed E-state index contributed by atoms with van der Waals surface area (Å²) in [5.41, 5.74) is 2.56. The first-order valence-corrected chi connectivity index (χ1v) is 7.62. The molecule has 0 aliphatic carbocycles. The largest absolute Gasteiger partial charge is 0.327 e. The fraction of sp³-hybridized carbons (Fsp3) is 0.562. The van der Waals surface area contributed by atoms with Crippen LogP contribution in [0.4, 0.5) is 4.39 Å². The van der Waals surface area contributed by atoms with Crippen molar-refractivity contribution in [3.63, 3.8) is 0 Å². The van der Waals surface area contributed by atoms with Gasteiger partial charge >= 0.3 is 0 Å². The molecule has 0 saturated heterocycles. The Kier molecular flexibility index (Phi) is 4.38. The first-order valence-electron chi connectivity index (χ1n) is 7.09. The number of aromatic nitrogens is 2. The summed E-state index contributed by atoms with van der Waals surface area (Å²) in [6.07, 6.45) is 1.78. The van der Waals surface area contributed by atoms with Crippen LogP contribution >= 0.6 is 11.6 Å². The molecule has 1 aromatic heterocycles. The molecule has 0 saturated carbocycles. The van der Waals surface area contributed by atoms with Crippen LogP contribution in [0.3, 0.4) is 0 Å². The van der Waals surface area contributed by atoms with Crippen LogP contribution in [0.25, 0.3) is 11.0 Å². The van der Waals surface area contributed by atoms with Gasteiger partial charge in [0.25, 0.3) is 0 Å². The van der Waals surface area contributed by atoms with E-state index in [1.165, 1.54) is 6.07 Å². The van der Waals surface area contributed by atoms with Crippen LogP contribution in [-0.4, -0.2) is 15.4 Å². The van der Waals surface area contributed by atoms with Gasteiger partial charge in [-0.05, 0) is 30.4 Å². The lowest BCUT2D eigenvalue weighted by Crippen LogP contribution is -2.20. The number of hydrogen-bond acceptors (Lipinski definition) is 1. The zero-order chi connectivity index (χ0) is 14.9. The van der Waals surface area contributed by atoms with E-state index >= 15 is 0 Å². The van der Waals surface area contributed by atoms with Gasteiger partial charge in [-0.1, -0.05) is 20.8 Å². The number of rotatable bonds is 5. The molecule has 2 nitrogen and oxygen atoms in total. The zero-order valence-electron chi connectivity index (χ0n) is 12.6. The first kappa shape index (κ1) is 15.3.